The molecule has 16 heteroatoms. The Labute approximate surface area is 247 Å². The summed E-state index contributed by atoms with van der Waals surface area (Å²) in [5.74, 6) is -4.97. The molecule has 238 valence electrons. The number of nitrogen functional groups attached to an aromatic ring is 1. The molecular formula is C28H31F6N7O3. The number of benzene rings is 1. The second-order valence-electron chi connectivity index (χ2n) is 11.5. The number of amides is 2. The number of carbonyl (C=O) groups excluding carboxylic acids is 2. The number of hydrogen-bond donors (Lipinski definition) is 3. The van der Waals surface area contributed by atoms with Crippen LogP contribution in [0.2, 0.25) is 0 Å². The lowest BCUT2D eigenvalue weighted by atomic mass is 10.0. The first-order chi connectivity index (χ1) is 20.5. The number of nitrogens with two attached hydrogens (primary N) is 1. The highest BCUT2D eigenvalue weighted by Crippen LogP contribution is 2.34. The van der Waals surface area contributed by atoms with Crippen molar-refractivity contribution in [2.75, 3.05) is 31.9 Å². The molecule has 2 aromatic heterocycles. The molecule has 0 radical (unpaired) electrons. The van der Waals surface area contributed by atoms with Crippen LogP contribution < -0.4 is 11.1 Å². The molecule has 2 aliphatic heterocycles. The molecule has 44 heavy (non-hydrogen) atoms. The van der Waals surface area contributed by atoms with E-state index in [-0.39, 0.29) is 37.3 Å². The maximum atomic E-state index is 14.8. The van der Waals surface area contributed by atoms with Crippen LogP contribution in [0.15, 0.2) is 30.6 Å². The van der Waals surface area contributed by atoms with E-state index in [0.29, 0.717) is 46.3 Å². The topological polar surface area (TPSA) is 129 Å². The zero-order valence-electron chi connectivity index (χ0n) is 23.8. The predicted molar refractivity (Wildman–Crippen MR) is 146 cm³/mol. The average molecular weight is 628 g/mol. The first kappa shape index (κ1) is 31.5. The highest BCUT2D eigenvalue weighted by Gasteiger charge is 2.58. The number of fused-ring (bicyclic) bond motifs is 1. The normalized spacial score (nSPS) is 22.2. The molecule has 3 aromatic rings. The summed E-state index contributed by atoms with van der Waals surface area (Å²) in [7, 11) is 0. The molecule has 2 saturated heterocycles. The number of rotatable bonds is 6. The van der Waals surface area contributed by atoms with Crippen LogP contribution in [0, 0.1) is 6.92 Å². The number of nitrogens with zero attached hydrogens (tertiary/aromatic N) is 5. The molecule has 2 aliphatic rings. The third-order valence-electron chi connectivity index (χ3n) is 8.24. The monoisotopic (exact) mass is 627 g/mol. The van der Waals surface area contributed by atoms with Crippen molar-refractivity contribution in [2.45, 2.75) is 63.1 Å². The minimum absolute atomic E-state index is 0.138. The largest absolute Gasteiger partial charge is 0.426 e. The van der Waals surface area contributed by atoms with Gasteiger partial charge in [0.05, 0.1) is 18.3 Å². The van der Waals surface area contributed by atoms with Gasteiger partial charge in [0.15, 0.2) is 5.82 Å². The van der Waals surface area contributed by atoms with E-state index in [1.807, 2.05) is 4.90 Å². The van der Waals surface area contributed by atoms with Crippen molar-refractivity contribution in [1.82, 2.24) is 29.7 Å². The molecule has 10 nitrogen and oxygen atoms in total. The van der Waals surface area contributed by atoms with Gasteiger partial charge in [-0.1, -0.05) is 12.1 Å². The maximum Gasteiger partial charge on any atom is 0.426 e. The summed E-state index contributed by atoms with van der Waals surface area (Å²) >= 11 is 0. The van der Waals surface area contributed by atoms with Crippen molar-refractivity contribution in [3.8, 4) is 11.3 Å². The van der Waals surface area contributed by atoms with E-state index in [1.54, 1.807) is 25.1 Å². The van der Waals surface area contributed by atoms with Crippen molar-refractivity contribution in [2.24, 2.45) is 0 Å². The third-order valence-corrected chi connectivity index (χ3v) is 8.24. The highest BCUT2D eigenvalue weighted by atomic mass is 19.4. The number of likely N-dealkylation sites (tertiary alicyclic amines) is 2. The van der Waals surface area contributed by atoms with Crippen LogP contribution in [0.4, 0.5) is 32.2 Å². The highest BCUT2D eigenvalue weighted by molar-refractivity contribution is 5.97. The summed E-state index contributed by atoms with van der Waals surface area (Å²) in [6, 6.07) is 5.38. The molecule has 0 aliphatic carbocycles. The molecule has 0 bridgehead atoms. The van der Waals surface area contributed by atoms with E-state index in [4.69, 9.17) is 5.73 Å². The van der Waals surface area contributed by atoms with Gasteiger partial charge in [-0.2, -0.15) is 18.3 Å². The fourth-order valence-corrected chi connectivity index (χ4v) is 5.52. The van der Waals surface area contributed by atoms with Gasteiger partial charge >= 0.3 is 6.18 Å². The number of anilines is 1. The lowest BCUT2D eigenvalue weighted by Crippen LogP contribution is -2.56. The number of aromatic nitrogens is 3. The Balaban J connectivity index is 1.38. The minimum atomic E-state index is -5.27. The first-order valence-corrected chi connectivity index (χ1v) is 13.8. The Morgan fingerprint density at radius 1 is 1.16 bits per heavy atom. The Hall–Kier alpha value is -3.92. The standard InChI is InChI=1S/C28H31F6N7O3/c1-15-3-4-16(9-18(15)24(42)38-20-13-40(12-19(20)29)25(43)26(2,44)28(32,33)34)21-10-17(22-23(35)36-14-37-41(21)22)11-39-7-5-27(30,31)6-8-39/h3-4,9-10,14,19-20,44H,5-8,11-13H2,1-2H3,(H,38,42)(H2,35,36,37)/t19-,20+,26+/m0/s1. The molecule has 4 N–H and O–H groups in total. The first-order valence-electron chi connectivity index (χ1n) is 13.8. The van der Waals surface area contributed by atoms with Gasteiger partial charge < -0.3 is 21.1 Å². The molecule has 1 aromatic carbocycles. The van der Waals surface area contributed by atoms with Crippen LogP contribution >= 0.6 is 0 Å². The molecule has 0 unspecified atom stereocenters. The summed E-state index contributed by atoms with van der Waals surface area (Å²) in [5.41, 5.74) is 5.33. The zero-order chi connectivity index (χ0) is 32.2. The molecule has 5 rings (SSSR count). The van der Waals surface area contributed by atoms with Crippen LogP contribution in [0.5, 0.6) is 0 Å². The molecule has 0 saturated carbocycles. The van der Waals surface area contributed by atoms with Gasteiger partial charge in [-0.15, -0.1) is 0 Å². The van der Waals surface area contributed by atoms with E-state index in [0.717, 1.165) is 0 Å². The summed E-state index contributed by atoms with van der Waals surface area (Å²) in [6.07, 6.45) is -6.41. The van der Waals surface area contributed by atoms with Crippen molar-refractivity contribution < 1.29 is 41.0 Å². The van der Waals surface area contributed by atoms with Gasteiger partial charge in [0.1, 0.15) is 18.0 Å². The lowest BCUT2D eigenvalue weighted by Gasteiger charge is -2.31. The number of hydrogen-bond acceptors (Lipinski definition) is 7. The van der Waals surface area contributed by atoms with E-state index >= 15 is 0 Å². The van der Waals surface area contributed by atoms with E-state index < -0.39 is 54.8 Å². The van der Waals surface area contributed by atoms with Crippen molar-refractivity contribution in [3.63, 3.8) is 0 Å². The van der Waals surface area contributed by atoms with Crippen molar-refractivity contribution in [3.05, 3.63) is 47.3 Å². The van der Waals surface area contributed by atoms with E-state index in [2.05, 4.69) is 15.4 Å². The van der Waals surface area contributed by atoms with Gasteiger partial charge in [0, 0.05) is 50.1 Å². The smallest absolute Gasteiger partial charge is 0.382 e. The van der Waals surface area contributed by atoms with Crippen LogP contribution in [0.1, 0.15) is 41.3 Å². The number of piperidine rings is 1. The summed E-state index contributed by atoms with van der Waals surface area (Å²) < 4.78 is 83.2. The number of aliphatic hydroxyl groups is 1. The molecule has 2 amide bonds. The third kappa shape index (κ3) is 5.92. The van der Waals surface area contributed by atoms with Crippen molar-refractivity contribution in [1.29, 1.82) is 0 Å². The maximum absolute atomic E-state index is 14.8. The van der Waals surface area contributed by atoms with Gasteiger partial charge in [-0.3, -0.25) is 14.5 Å². The molecular weight excluding hydrogens is 596 g/mol. The number of carbonyl (C=O) groups is 2. The molecule has 2 fully saturated rings. The average Bonchev–Trinajstić information content (AvgIpc) is 3.49. The molecule has 3 atom stereocenters. The lowest BCUT2D eigenvalue weighted by molar-refractivity contribution is -0.249. The molecule has 4 heterocycles. The summed E-state index contributed by atoms with van der Waals surface area (Å²) in [4.78, 5) is 32.1. The van der Waals surface area contributed by atoms with Crippen LogP contribution in [-0.4, -0.2) is 97.4 Å². The minimum Gasteiger partial charge on any atom is -0.382 e. The summed E-state index contributed by atoms with van der Waals surface area (Å²) in [6.45, 7) is 1.33. The van der Waals surface area contributed by atoms with Crippen LogP contribution in [0.3, 0.4) is 0 Å². The van der Waals surface area contributed by atoms with Gasteiger partial charge in [-0.25, -0.2) is 22.7 Å². The summed E-state index contributed by atoms with van der Waals surface area (Å²) in [5, 5.41) is 16.5. The van der Waals surface area contributed by atoms with Crippen LogP contribution in [0.25, 0.3) is 16.8 Å². The Bertz CT molecular complexity index is 1580. The zero-order valence-corrected chi connectivity index (χ0v) is 23.8. The Morgan fingerprint density at radius 2 is 1.84 bits per heavy atom. The quantitative estimate of drug-likeness (QED) is 0.359. The molecule has 0 spiro atoms. The number of halogens is 6. The number of aryl methyl sites for hydroxylation is 1. The number of alkyl halides is 6. The predicted octanol–water partition coefficient (Wildman–Crippen LogP) is 3.11. The Morgan fingerprint density at radius 3 is 2.50 bits per heavy atom. The fraction of sp³-hybridized carbons (Fsp3) is 0.500. The SMILES string of the molecule is Cc1ccc(-c2cc(CN3CCC(F)(F)CC3)c3c(N)ncnn23)cc1C(=O)N[C@@H]1CN(C(=O)[C@@](C)(O)C(F)(F)F)C[C@@H]1F. The Kier molecular flexibility index (Phi) is 8.03. The van der Waals surface area contributed by atoms with Crippen LogP contribution in [-0.2, 0) is 11.3 Å². The fourth-order valence-electron chi connectivity index (χ4n) is 5.52. The van der Waals surface area contributed by atoms with E-state index in [1.165, 1.54) is 16.9 Å². The number of nitrogens with one attached hydrogen (secondary N) is 1. The van der Waals surface area contributed by atoms with Gasteiger partial charge in [0.25, 0.3) is 17.7 Å². The van der Waals surface area contributed by atoms with Crippen molar-refractivity contribution >= 4 is 23.1 Å². The van der Waals surface area contributed by atoms with E-state index in [9.17, 15) is 41.0 Å². The second-order valence-corrected chi connectivity index (χ2v) is 11.5. The van der Waals surface area contributed by atoms with Gasteiger partial charge in [-0.05, 0) is 37.1 Å². The van der Waals surface area contributed by atoms with Gasteiger partial charge in [0.2, 0.25) is 5.60 Å². The second kappa shape index (κ2) is 11.2.